The van der Waals surface area contributed by atoms with Crippen molar-refractivity contribution in [2.75, 3.05) is 24.5 Å². The molecule has 1 aromatic rings. The van der Waals surface area contributed by atoms with Crippen LogP contribution in [-0.4, -0.2) is 36.6 Å². The molecule has 0 spiro atoms. The van der Waals surface area contributed by atoms with Crippen LogP contribution in [0.1, 0.15) is 19.8 Å². The standard InChI is InChI=1S/C14H20N2O3/c1-2-15-10-8-13(17)16(11-9-14(18)19)12-6-4-3-5-7-12/h3-7,15H,2,8-11H2,1H3,(H,18,19). The molecule has 0 unspecified atom stereocenters. The van der Waals surface area contributed by atoms with Crippen molar-refractivity contribution in [2.45, 2.75) is 19.8 Å². The summed E-state index contributed by atoms with van der Waals surface area (Å²) in [5.74, 6) is -0.964. The molecular weight excluding hydrogens is 244 g/mol. The number of anilines is 1. The number of benzene rings is 1. The zero-order valence-corrected chi connectivity index (χ0v) is 11.1. The number of nitrogens with one attached hydrogen (secondary N) is 1. The Hall–Kier alpha value is -1.88. The normalized spacial score (nSPS) is 10.2. The van der Waals surface area contributed by atoms with E-state index in [1.54, 1.807) is 0 Å². The maximum atomic E-state index is 12.1. The zero-order chi connectivity index (χ0) is 14.1. The van der Waals surface area contributed by atoms with Gasteiger partial charge in [0, 0.05) is 25.2 Å². The molecule has 1 aromatic carbocycles. The number of carboxylic acids is 1. The molecule has 5 nitrogen and oxygen atoms in total. The SMILES string of the molecule is CCNCCC(=O)N(CCC(=O)O)c1ccccc1. The molecule has 0 fully saturated rings. The minimum Gasteiger partial charge on any atom is -0.481 e. The molecule has 0 saturated heterocycles. The Morgan fingerprint density at radius 2 is 1.89 bits per heavy atom. The van der Waals surface area contributed by atoms with Crippen LogP contribution < -0.4 is 10.2 Å². The minimum absolute atomic E-state index is 0.0537. The summed E-state index contributed by atoms with van der Waals surface area (Å²) in [6.07, 6.45) is 0.310. The van der Waals surface area contributed by atoms with Crippen molar-refractivity contribution in [3.63, 3.8) is 0 Å². The minimum atomic E-state index is -0.902. The van der Waals surface area contributed by atoms with E-state index in [1.165, 1.54) is 4.90 Å². The highest BCUT2D eigenvalue weighted by molar-refractivity contribution is 5.93. The number of para-hydroxylation sites is 1. The van der Waals surface area contributed by atoms with E-state index in [4.69, 9.17) is 5.11 Å². The summed E-state index contributed by atoms with van der Waals surface area (Å²) >= 11 is 0. The Kier molecular flexibility index (Phi) is 6.60. The highest BCUT2D eigenvalue weighted by atomic mass is 16.4. The Morgan fingerprint density at radius 3 is 2.47 bits per heavy atom. The average Bonchev–Trinajstić information content (AvgIpc) is 2.40. The zero-order valence-electron chi connectivity index (χ0n) is 11.1. The van der Waals surface area contributed by atoms with E-state index in [0.717, 1.165) is 12.2 Å². The van der Waals surface area contributed by atoms with E-state index >= 15 is 0 Å². The second-order valence-electron chi connectivity index (χ2n) is 4.13. The second-order valence-corrected chi connectivity index (χ2v) is 4.13. The largest absolute Gasteiger partial charge is 0.481 e. The monoisotopic (exact) mass is 264 g/mol. The van der Waals surface area contributed by atoms with E-state index in [-0.39, 0.29) is 18.9 Å². The van der Waals surface area contributed by atoms with Crippen LogP contribution in [0.15, 0.2) is 30.3 Å². The van der Waals surface area contributed by atoms with Crippen molar-refractivity contribution in [3.05, 3.63) is 30.3 Å². The molecule has 0 radical (unpaired) electrons. The van der Waals surface area contributed by atoms with Gasteiger partial charge in [0.1, 0.15) is 0 Å². The van der Waals surface area contributed by atoms with Gasteiger partial charge in [-0.05, 0) is 18.7 Å². The molecular formula is C14H20N2O3. The lowest BCUT2D eigenvalue weighted by Crippen LogP contribution is -2.35. The Bertz CT molecular complexity index is 406. The second kappa shape index (κ2) is 8.26. The predicted octanol–water partition coefficient (Wildman–Crippen LogP) is 1.49. The van der Waals surface area contributed by atoms with E-state index < -0.39 is 5.97 Å². The maximum absolute atomic E-state index is 12.1. The van der Waals surface area contributed by atoms with Crippen LogP contribution in [0.2, 0.25) is 0 Å². The first-order valence-electron chi connectivity index (χ1n) is 6.43. The fraction of sp³-hybridized carbons (Fsp3) is 0.429. The summed E-state index contributed by atoms with van der Waals surface area (Å²) in [5, 5.41) is 11.8. The quantitative estimate of drug-likeness (QED) is 0.698. The number of rotatable bonds is 8. The van der Waals surface area contributed by atoms with Crippen molar-refractivity contribution in [3.8, 4) is 0 Å². The number of carbonyl (C=O) groups excluding carboxylic acids is 1. The van der Waals surface area contributed by atoms with Gasteiger partial charge in [-0.15, -0.1) is 0 Å². The van der Waals surface area contributed by atoms with Crippen LogP contribution >= 0.6 is 0 Å². The number of aliphatic carboxylic acids is 1. The highest BCUT2D eigenvalue weighted by Gasteiger charge is 2.16. The lowest BCUT2D eigenvalue weighted by atomic mass is 10.2. The Balaban J connectivity index is 2.69. The van der Waals surface area contributed by atoms with Crippen LogP contribution in [-0.2, 0) is 9.59 Å². The molecule has 0 aliphatic carbocycles. The van der Waals surface area contributed by atoms with Crippen LogP contribution in [0.25, 0.3) is 0 Å². The summed E-state index contributed by atoms with van der Waals surface area (Å²) in [6, 6.07) is 9.16. The lowest BCUT2D eigenvalue weighted by molar-refractivity contribution is -0.136. The number of carboxylic acid groups (broad SMARTS) is 1. The smallest absolute Gasteiger partial charge is 0.305 e. The molecule has 1 amide bonds. The molecule has 5 heteroatoms. The summed E-state index contributed by atoms with van der Waals surface area (Å²) in [6.45, 7) is 3.59. The molecule has 0 aliphatic heterocycles. The van der Waals surface area contributed by atoms with Gasteiger partial charge in [0.05, 0.1) is 6.42 Å². The topological polar surface area (TPSA) is 69.6 Å². The summed E-state index contributed by atoms with van der Waals surface area (Å²) in [7, 11) is 0. The van der Waals surface area contributed by atoms with E-state index in [0.29, 0.717) is 13.0 Å². The molecule has 0 aromatic heterocycles. The number of hydrogen-bond donors (Lipinski definition) is 2. The van der Waals surface area contributed by atoms with Crippen molar-refractivity contribution in [1.82, 2.24) is 5.32 Å². The van der Waals surface area contributed by atoms with E-state index in [2.05, 4.69) is 5.32 Å². The van der Waals surface area contributed by atoms with Crippen molar-refractivity contribution >= 4 is 17.6 Å². The Morgan fingerprint density at radius 1 is 1.21 bits per heavy atom. The summed E-state index contributed by atoms with van der Waals surface area (Å²) < 4.78 is 0. The van der Waals surface area contributed by atoms with Gasteiger partial charge < -0.3 is 15.3 Å². The third kappa shape index (κ3) is 5.52. The van der Waals surface area contributed by atoms with Gasteiger partial charge in [-0.3, -0.25) is 9.59 Å². The van der Waals surface area contributed by atoms with Gasteiger partial charge in [0.25, 0.3) is 0 Å². The predicted molar refractivity (Wildman–Crippen MR) is 74.2 cm³/mol. The van der Waals surface area contributed by atoms with Crippen LogP contribution in [0, 0.1) is 0 Å². The first kappa shape index (κ1) is 15.2. The summed E-state index contributed by atoms with van der Waals surface area (Å²) in [4.78, 5) is 24.3. The summed E-state index contributed by atoms with van der Waals surface area (Å²) in [5.41, 5.74) is 0.741. The highest BCUT2D eigenvalue weighted by Crippen LogP contribution is 2.14. The van der Waals surface area contributed by atoms with Crippen LogP contribution in [0.3, 0.4) is 0 Å². The molecule has 0 saturated carbocycles. The van der Waals surface area contributed by atoms with Crippen LogP contribution in [0.5, 0.6) is 0 Å². The average molecular weight is 264 g/mol. The van der Waals surface area contributed by atoms with Crippen molar-refractivity contribution < 1.29 is 14.7 Å². The number of carbonyl (C=O) groups is 2. The molecule has 2 N–H and O–H groups in total. The molecule has 0 heterocycles. The van der Waals surface area contributed by atoms with Gasteiger partial charge >= 0.3 is 5.97 Å². The molecule has 0 aliphatic rings. The molecule has 19 heavy (non-hydrogen) atoms. The van der Waals surface area contributed by atoms with E-state index in [1.807, 2.05) is 37.3 Å². The van der Waals surface area contributed by atoms with Crippen molar-refractivity contribution in [1.29, 1.82) is 0 Å². The molecule has 104 valence electrons. The third-order valence-electron chi connectivity index (χ3n) is 2.68. The number of nitrogens with zero attached hydrogens (tertiary/aromatic N) is 1. The first-order chi connectivity index (χ1) is 9.15. The van der Waals surface area contributed by atoms with Gasteiger partial charge in [-0.25, -0.2) is 0 Å². The Labute approximate surface area is 113 Å². The maximum Gasteiger partial charge on any atom is 0.305 e. The van der Waals surface area contributed by atoms with Gasteiger partial charge in [-0.1, -0.05) is 25.1 Å². The van der Waals surface area contributed by atoms with Gasteiger partial charge in [0.2, 0.25) is 5.91 Å². The molecule has 0 atom stereocenters. The lowest BCUT2D eigenvalue weighted by Gasteiger charge is -2.22. The van der Waals surface area contributed by atoms with Crippen molar-refractivity contribution in [2.24, 2.45) is 0 Å². The van der Waals surface area contributed by atoms with E-state index in [9.17, 15) is 9.59 Å². The number of hydrogen-bond acceptors (Lipinski definition) is 3. The fourth-order valence-electron chi connectivity index (χ4n) is 1.72. The first-order valence-corrected chi connectivity index (χ1v) is 6.43. The van der Waals surface area contributed by atoms with Gasteiger partial charge in [0.15, 0.2) is 0 Å². The fourth-order valence-corrected chi connectivity index (χ4v) is 1.72. The molecule has 1 rings (SSSR count). The molecule has 0 bridgehead atoms. The van der Waals surface area contributed by atoms with Gasteiger partial charge in [-0.2, -0.15) is 0 Å². The number of amides is 1. The van der Waals surface area contributed by atoms with Crippen LogP contribution in [0.4, 0.5) is 5.69 Å². The third-order valence-corrected chi connectivity index (χ3v) is 2.68.